The van der Waals surface area contributed by atoms with Crippen molar-refractivity contribution in [1.82, 2.24) is 19.9 Å². The number of carbonyl (C=O) groups is 1. The van der Waals surface area contributed by atoms with Crippen molar-refractivity contribution < 1.29 is 4.79 Å². The highest BCUT2D eigenvalue weighted by Gasteiger charge is 2.44. The Morgan fingerprint density at radius 2 is 2.06 bits per heavy atom. The Balaban J connectivity index is 1.49. The minimum Gasteiger partial charge on any atom is -0.340 e. The molecule has 1 aliphatic heterocycles. The van der Waals surface area contributed by atoms with E-state index in [9.17, 15) is 4.79 Å². The molecule has 2 aromatic heterocycles. The van der Waals surface area contributed by atoms with Crippen LogP contribution in [0.5, 0.6) is 0 Å². The van der Waals surface area contributed by atoms with Gasteiger partial charge in [0.25, 0.3) is 5.91 Å². The molecule has 0 spiro atoms. The van der Waals surface area contributed by atoms with Gasteiger partial charge in [0, 0.05) is 27.5 Å². The Kier molecular flexibility index (Phi) is 5.04. The standard InChI is InChI=1S/C23H20Cl2N4OS/c1-13-16(25)7-8-17-19(13)28-22(27-17)23(2)9-4-10-29(23)21(30)18-12-31-20(26-18)14-5-3-6-15(24)11-14/h3,5-8,11-12H,4,9-10H2,1-2H3,(H,27,28)/t23-/m0/s1. The van der Waals surface area contributed by atoms with Crippen LogP contribution in [-0.2, 0) is 5.54 Å². The normalized spacial score (nSPS) is 18.8. The summed E-state index contributed by atoms with van der Waals surface area (Å²) in [7, 11) is 0. The Bertz CT molecular complexity index is 1310. The maximum absolute atomic E-state index is 13.5. The fourth-order valence-corrected chi connectivity index (χ4v) is 5.38. The van der Waals surface area contributed by atoms with E-state index in [1.54, 1.807) is 0 Å². The van der Waals surface area contributed by atoms with Crippen LogP contribution in [0, 0.1) is 6.92 Å². The van der Waals surface area contributed by atoms with Gasteiger partial charge in [0.2, 0.25) is 0 Å². The van der Waals surface area contributed by atoms with Gasteiger partial charge in [0.05, 0.1) is 16.6 Å². The Morgan fingerprint density at radius 1 is 1.23 bits per heavy atom. The van der Waals surface area contributed by atoms with Gasteiger partial charge in [-0.1, -0.05) is 35.3 Å². The van der Waals surface area contributed by atoms with Crippen LogP contribution in [-0.4, -0.2) is 32.3 Å². The van der Waals surface area contributed by atoms with Crippen molar-refractivity contribution in [2.45, 2.75) is 32.2 Å². The number of nitrogens with one attached hydrogen (secondary N) is 1. The highest BCUT2D eigenvalue weighted by atomic mass is 35.5. The van der Waals surface area contributed by atoms with Crippen molar-refractivity contribution >= 4 is 51.5 Å². The summed E-state index contributed by atoms with van der Waals surface area (Å²) in [5.41, 5.74) is 3.53. The molecule has 2 aromatic carbocycles. The van der Waals surface area contributed by atoms with Crippen LogP contribution in [0.3, 0.4) is 0 Å². The van der Waals surface area contributed by atoms with Crippen LogP contribution < -0.4 is 0 Å². The number of amides is 1. The van der Waals surface area contributed by atoms with E-state index in [2.05, 4.69) is 16.9 Å². The third kappa shape index (κ3) is 3.43. The monoisotopic (exact) mass is 470 g/mol. The molecule has 3 heterocycles. The van der Waals surface area contributed by atoms with Gasteiger partial charge in [0.1, 0.15) is 16.5 Å². The van der Waals surface area contributed by atoms with Gasteiger partial charge in [-0.25, -0.2) is 9.97 Å². The van der Waals surface area contributed by atoms with Crippen LogP contribution in [0.1, 0.15) is 41.6 Å². The lowest BCUT2D eigenvalue weighted by Gasteiger charge is -2.33. The first-order valence-electron chi connectivity index (χ1n) is 10.1. The van der Waals surface area contributed by atoms with E-state index in [1.165, 1.54) is 11.3 Å². The number of benzene rings is 2. The van der Waals surface area contributed by atoms with Crippen molar-refractivity contribution in [3.05, 3.63) is 68.9 Å². The summed E-state index contributed by atoms with van der Waals surface area (Å²) in [5.74, 6) is 0.698. The summed E-state index contributed by atoms with van der Waals surface area (Å²) in [6.07, 6.45) is 1.74. The number of H-pyrrole nitrogens is 1. The van der Waals surface area contributed by atoms with Gasteiger partial charge in [-0.15, -0.1) is 11.3 Å². The number of hydrogen-bond donors (Lipinski definition) is 1. The molecule has 1 fully saturated rings. The summed E-state index contributed by atoms with van der Waals surface area (Å²) in [6.45, 7) is 4.69. The number of nitrogens with zero attached hydrogens (tertiary/aromatic N) is 3. The van der Waals surface area contributed by atoms with E-state index in [4.69, 9.17) is 28.2 Å². The van der Waals surface area contributed by atoms with Gasteiger partial charge in [-0.05, 0) is 56.5 Å². The van der Waals surface area contributed by atoms with Gasteiger partial charge in [-0.2, -0.15) is 0 Å². The third-order valence-electron chi connectivity index (χ3n) is 6.03. The molecule has 8 heteroatoms. The molecule has 5 rings (SSSR count). The van der Waals surface area contributed by atoms with Gasteiger partial charge in [-0.3, -0.25) is 4.79 Å². The molecule has 1 saturated heterocycles. The van der Waals surface area contributed by atoms with Crippen LogP contribution in [0.4, 0.5) is 0 Å². The SMILES string of the molecule is Cc1c(Cl)ccc2[nH]c([C@]3(C)CCCN3C(=O)c3csc(-c4cccc(Cl)c4)n3)nc12. The number of carbonyl (C=O) groups excluding carboxylic acids is 1. The molecule has 1 atom stereocenters. The lowest BCUT2D eigenvalue weighted by molar-refractivity contribution is 0.0601. The quantitative estimate of drug-likeness (QED) is 0.373. The number of aryl methyl sites for hydroxylation is 1. The number of likely N-dealkylation sites (tertiary alicyclic amines) is 1. The number of fused-ring (bicyclic) bond motifs is 1. The third-order valence-corrected chi connectivity index (χ3v) is 7.57. The van der Waals surface area contributed by atoms with E-state index >= 15 is 0 Å². The molecule has 5 nitrogen and oxygen atoms in total. The first-order valence-corrected chi connectivity index (χ1v) is 11.7. The first-order chi connectivity index (χ1) is 14.9. The van der Waals surface area contributed by atoms with Crippen molar-refractivity contribution in [3.8, 4) is 10.6 Å². The number of halogens is 2. The van der Waals surface area contributed by atoms with Crippen molar-refractivity contribution in [1.29, 1.82) is 0 Å². The Hall–Kier alpha value is -2.41. The molecule has 4 aromatic rings. The van der Waals surface area contributed by atoms with Crippen molar-refractivity contribution in [2.24, 2.45) is 0 Å². The maximum Gasteiger partial charge on any atom is 0.274 e. The smallest absolute Gasteiger partial charge is 0.274 e. The van der Waals surface area contributed by atoms with Crippen molar-refractivity contribution in [2.75, 3.05) is 6.54 Å². The van der Waals surface area contributed by atoms with Crippen LogP contribution >= 0.6 is 34.5 Å². The van der Waals surface area contributed by atoms with Crippen LogP contribution in [0.2, 0.25) is 10.0 Å². The highest BCUT2D eigenvalue weighted by molar-refractivity contribution is 7.13. The van der Waals surface area contributed by atoms with E-state index in [-0.39, 0.29) is 5.91 Å². The number of rotatable bonds is 3. The molecule has 0 unspecified atom stereocenters. The molecule has 0 radical (unpaired) electrons. The van der Waals surface area contributed by atoms with E-state index in [1.807, 2.05) is 53.6 Å². The average Bonchev–Trinajstić information content (AvgIpc) is 3.49. The summed E-state index contributed by atoms with van der Waals surface area (Å²) in [4.78, 5) is 28.2. The minimum atomic E-state index is -0.533. The van der Waals surface area contributed by atoms with Gasteiger partial charge < -0.3 is 9.88 Å². The average molecular weight is 471 g/mol. The molecule has 31 heavy (non-hydrogen) atoms. The zero-order valence-corrected chi connectivity index (χ0v) is 19.4. The predicted octanol–water partition coefficient (Wildman–Crippen LogP) is 6.45. The number of aromatic nitrogens is 3. The van der Waals surface area contributed by atoms with Crippen LogP contribution in [0.25, 0.3) is 21.6 Å². The number of imidazole rings is 1. The number of thiazole rings is 1. The second kappa shape index (κ2) is 7.62. The predicted molar refractivity (Wildman–Crippen MR) is 126 cm³/mol. The molecule has 158 valence electrons. The van der Waals surface area contributed by atoms with Crippen LogP contribution in [0.15, 0.2) is 41.8 Å². The summed E-state index contributed by atoms with van der Waals surface area (Å²) < 4.78 is 0. The first kappa shape index (κ1) is 20.5. The fourth-order valence-electron chi connectivity index (χ4n) is 4.24. The summed E-state index contributed by atoms with van der Waals surface area (Å²) >= 11 is 13.8. The highest BCUT2D eigenvalue weighted by Crippen LogP contribution is 2.40. The topological polar surface area (TPSA) is 61.9 Å². The van der Waals surface area contributed by atoms with Crippen molar-refractivity contribution in [3.63, 3.8) is 0 Å². The molecule has 0 aliphatic carbocycles. The molecule has 1 N–H and O–H groups in total. The van der Waals surface area contributed by atoms with Gasteiger partial charge in [0.15, 0.2) is 0 Å². The molecule has 1 aliphatic rings. The lowest BCUT2D eigenvalue weighted by Crippen LogP contribution is -2.43. The lowest BCUT2D eigenvalue weighted by atomic mass is 9.97. The number of aromatic amines is 1. The molecular weight excluding hydrogens is 451 g/mol. The fraction of sp³-hybridized carbons (Fsp3) is 0.261. The Morgan fingerprint density at radius 3 is 2.87 bits per heavy atom. The van der Waals surface area contributed by atoms with E-state index in [0.717, 1.165) is 45.8 Å². The molecule has 1 amide bonds. The molecule has 0 saturated carbocycles. The summed E-state index contributed by atoms with van der Waals surface area (Å²) in [5, 5.41) is 3.93. The van der Waals surface area contributed by atoms with Gasteiger partial charge >= 0.3 is 0 Å². The number of hydrogen-bond acceptors (Lipinski definition) is 4. The van der Waals surface area contributed by atoms with E-state index < -0.39 is 5.54 Å². The second-order valence-corrected chi connectivity index (χ2v) is 9.74. The van der Waals surface area contributed by atoms with E-state index in [0.29, 0.717) is 22.3 Å². The zero-order chi connectivity index (χ0) is 21.8. The maximum atomic E-state index is 13.5. The molecular formula is C23H20Cl2N4OS. The summed E-state index contributed by atoms with van der Waals surface area (Å²) in [6, 6.07) is 11.3. The zero-order valence-electron chi connectivity index (χ0n) is 17.1. The second-order valence-electron chi connectivity index (χ2n) is 8.04. The molecule has 0 bridgehead atoms. The minimum absolute atomic E-state index is 0.0836. The Labute approximate surface area is 194 Å². The largest absolute Gasteiger partial charge is 0.340 e.